The molecule has 0 unspecified atom stereocenters. The van der Waals surface area contributed by atoms with Gasteiger partial charge in [-0.15, -0.1) is 11.6 Å². The molecule has 2 nitrogen and oxygen atoms in total. The molecule has 1 aliphatic rings. The number of carbonyl (C=O) groups is 1. The zero-order valence-corrected chi connectivity index (χ0v) is 9.48. The Morgan fingerprint density at radius 1 is 1.21 bits per heavy atom. The van der Waals surface area contributed by atoms with Gasteiger partial charge in [-0.25, -0.2) is 0 Å². The quantitative estimate of drug-likeness (QED) is 0.570. The van der Waals surface area contributed by atoms with Gasteiger partial charge in [-0.2, -0.15) is 0 Å². The number of nitrogens with one attached hydrogen (secondary N) is 1. The Hall–Kier alpha value is -0.240. The van der Waals surface area contributed by atoms with Crippen molar-refractivity contribution in [2.45, 2.75) is 57.4 Å². The van der Waals surface area contributed by atoms with Crippen molar-refractivity contribution in [1.82, 2.24) is 5.32 Å². The van der Waals surface area contributed by atoms with E-state index in [0.717, 1.165) is 19.3 Å². The highest BCUT2D eigenvalue weighted by atomic mass is 35.5. The highest BCUT2D eigenvalue weighted by Crippen LogP contribution is 2.17. The summed E-state index contributed by atoms with van der Waals surface area (Å²) in [5, 5.41) is 3.10. The van der Waals surface area contributed by atoms with Gasteiger partial charge in [0.2, 0.25) is 5.91 Å². The summed E-state index contributed by atoms with van der Waals surface area (Å²) < 4.78 is 0. The fourth-order valence-corrected chi connectivity index (χ4v) is 2.08. The molecular weight excluding hydrogens is 198 g/mol. The van der Waals surface area contributed by atoms with E-state index in [1.807, 2.05) is 0 Å². The Balaban J connectivity index is 2.17. The van der Waals surface area contributed by atoms with Crippen LogP contribution in [-0.4, -0.2) is 17.8 Å². The predicted octanol–water partition coefficient (Wildman–Crippen LogP) is 2.84. The molecule has 0 aromatic rings. The van der Waals surface area contributed by atoms with E-state index in [4.69, 9.17) is 11.6 Å². The molecule has 3 heteroatoms. The van der Waals surface area contributed by atoms with Gasteiger partial charge >= 0.3 is 0 Å². The Kier molecular flexibility index (Phi) is 6.00. The van der Waals surface area contributed by atoms with Crippen LogP contribution in [0.3, 0.4) is 0 Å². The van der Waals surface area contributed by atoms with Gasteiger partial charge in [-0.1, -0.05) is 25.7 Å². The topological polar surface area (TPSA) is 29.1 Å². The second-order valence-corrected chi connectivity index (χ2v) is 4.43. The maximum atomic E-state index is 11.4. The molecule has 82 valence electrons. The van der Waals surface area contributed by atoms with E-state index in [1.165, 1.54) is 25.7 Å². The van der Waals surface area contributed by atoms with Gasteiger partial charge in [0.1, 0.15) is 0 Å². The number of amides is 1. The van der Waals surface area contributed by atoms with Crippen molar-refractivity contribution in [3.63, 3.8) is 0 Å². The number of hydrogen-bond acceptors (Lipinski definition) is 1. The normalized spacial score (nSPS) is 18.9. The standard InChI is InChI=1S/C11H20ClNO/c12-9-5-8-11(14)13-10-6-3-1-2-4-7-10/h10H,1-9H2,(H,13,14). The molecule has 0 atom stereocenters. The van der Waals surface area contributed by atoms with Crippen LogP contribution < -0.4 is 5.32 Å². The van der Waals surface area contributed by atoms with Crippen LogP contribution >= 0.6 is 11.6 Å². The fraction of sp³-hybridized carbons (Fsp3) is 0.909. The molecule has 1 saturated carbocycles. The minimum Gasteiger partial charge on any atom is -0.353 e. The number of rotatable bonds is 4. The smallest absolute Gasteiger partial charge is 0.220 e. The SMILES string of the molecule is O=C(CCCCl)NC1CCCCCC1. The maximum Gasteiger partial charge on any atom is 0.220 e. The first-order valence-electron chi connectivity index (χ1n) is 5.68. The minimum absolute atomic E-state index is 0.178. The van der Waals surface area contributed by atoms with E-state index in [1.54, 1.807) is 0 Å². The van der Waals surface area contributed by atoms with Gasteiger partial charge in [0.15, 0.2) is 0 Å². The molecule has 1 N–H and O–H groups in total. The Bertz CT molecular complexity index is 165. The first-order chi connectivity index (χ1) is 6.83. The van der Waals surface area contributed by atoms with E-state index >= 15 is 0 Å². The number of carbonyl (C=O) groups excluding carboxylic acids is 1. The summed E-state index contributed by atoms with van der Waals surface area (Å²) in [5.41, 5.74) is 0. The monoisotopic (exact) mass is 217 g/mol. The Morgan fingerprint density at radius 2 is 1.86 bits per heavy atom. The lowest BCUT2D eigenvalue weighted by Gasteiger charge is -2.15. The summed E-state index contributed by atoms with van der Waals surface area (Å²) in [5.74, 6) is 0.760. The first-order valence-corrected chi connectivity index (χ1v) is 6.21. The first kappa shape index (κ1) is 11.8. The molecule has 1 rings (SSSR count). The van der Waals surface area contributed by atoms with Crippen LogP contribution in [0.25, 0.3) is 0 Å². The second kappa shape index (κ2) is 7.10. The molecule has 14 heavy (non-hydrogen) atoms. The molecule has 0 radical (unpaired) electrons. The fourth-order valence-electron chi connectivity index (χ4n) is 1.95. The van der Waals surface area contributed by atoms with E-state index < -0.39 is 0 Å². The lowest BCUT2D eigenvalue weighted by molar-refractivity contribution is -0.121. The summed E-state index contributed by atoms with van der Waals surface area (Å²) in [6.45, 7) is 0. The van der Waals surface area contributed by atoms with Crippen LogP contribution in [0, 0.1) is 0 Å². The van der Waals surface area contributed by atoms with Crippen LogP contribution in [0.15, 0.2) is 0 Å². The molecule has 0 heterocycles. The van der Waals surface area contributed by atoms with Crippen LogP contribution in [0.4, 0.5) is 0 Å². The number of hydrogen-bond donors (Lipinski definition) is 1. The molecule has 1 fully saturated rings. The second-order valence-electron chi connectivity index (χ2n) is 4.05. The summed E-state index contributed by atoms with van der Waals surface area (Å²) in [4.78, 5) is 11.4. The van der Waals surface area contributed by atoms with Gasteiger partial charge in [0, 0.05) is 18.3 Å². The van der Waals surface area contributed by atoms with Gasteiger partial charge in [-0.3, -0.25) is 4.79 Å². The van der Waals surface area contributed by atoms with Crippen molar-refractivity contribution in [3.05, 3.63) is 0 Å². The summed E-state index contributed by atoms with van der Waals surface area (Å²) in [7, 11) is 0. The Labute approximate surface area is 91.4 Å². The molecule has 1 aliphatic carbocycles. The third-order valence-corrected chi connectivity index (χ3v) is 3.03. The predicted molar refractivity (Wildman–Crippen MR) is 59.6 cm³/mol. The van der Waals surface area contributed by atoms with Crippen molar-refractivity contribution in [1.29, 1.82) is 0 Å². The average molecular weight is 218 g/mol. The number of alkyl halides is 1. The van der Waals surface area contributed by atoms with Gasteiger partial charge in [0.25, 0.3) is 0 Å². The molecule has 0 spiro atoms. The number of halogens is 1. The third kappa shape index (κ3) is 4.85. The minimum atomic E-state index is 0.178. The summed E-state index contributed by atoms with van der Waals surface area (Å²) in [6, 6.07) is 0.431. The van der Waals surface area contributed by atoms with Gasteiger partial charge in [-0.05, 0) is 19.3 Å². The lowest BCUT2D eigenvalue weighted by atomic mass is 10.1. The summed E-state index contributed by atoms with van der Waals surface area (Å²) >= 11 is 5.53. The highest BCUT2D eigenvalue weighted by Gasteiger charge is 2.13. The van der Waals surface area contributed by atoms with Crippen LogP contribution in [-0.2, 0) is 4.79 Å². The van der Waals surface area contributed by atoms with Crippen LogP contribution in [0.2, 0.25) is 0 Å². The highest BCUT2D eigenvalue weighted by molar-refractivity contribution is 6.17. The van der Waals surface area contributed by atoms with Gasteiger partial charge in [0.05, 0.1) is 0 Å². The third-order valence-electron chi connectivity index (χ3n) is 2.76. The molecule has 1 amide bonds. The molecule has 0 bridgehead atoms. The average Bonchev–Trinajstić information content (AvgIpc) is 2.43. The van der Waals surface area contributed by atoms with E-state index in [9.17, 15) is 4.79 Å². The zero-order chi connectivity index (χ0) is 10.2. The van der Waals surface area contributed by atoms with E-state index in [-0.39, 0.29) is 5.91 Å². The van der Waals surface area contributed by atoms with Gasteiger partial charge < -0.3 is 5.32 Å². The largest absolute Gasteiger partial charge is 0.353 e. The van der Waals surface area contributed by atoms with Crippen molar-refractivity contribution < 1.29 is 4.79 Å². The molecule has 0 aromatic heterocycles. The zero-order valence-electron chi connectivity index (χ0n) is 8.73. The van der Waals surface area contributed by atoms with Crippen molar-refractivity contribution in [2.75, 3.05) is 5.88 Å². The van der Waals surface area contributed by atoms with E-state index in [0.29, 0.717) is 18.3 Å². The van der Waals surface area contributed by atoms with E-state index in [2.05, 4.69) is 5.32 Å². The molecule has 0 saturated heterocycles. The van der Waals surface area contributed by atoms with Crippen LogP contribution in [0.5, 0.6) is 0 Å². The molecule has 0 aromatic carbocycles. The van der Waals surface area contributed by atoms with Crippen molar-refractivity contribution >= 4 is 17.5 Å². The maximum absolute atomic E-state index is 11.4. The van der Waals surface area contributed by atoms with Crippen LogP contribution in [0.1, 0.15) is 51.4 Å². The summed E-state index contributed by atoms with van der Waals surface area (Å²) in [6.07, 6.45) is 8.88. The lowest BCUT2D eigenvalue weighted by Crippen LogP contribution is -2.34. The Morgan fingerprint density at radius 3 is 2.43 bits per heavy atom. The molecular formula is C11H20ClNO. The molecule has 0 aliphatic heterocycles. The van der Waals surface area contributed by atoms with Crippen molar-refractivity contribution in [3.8, 4) is 0 Å². The van der Waals surface area contributed by atoms with Crippen molar-refractivity contribution in [2.24, 2.45) is 0 Å².